The lowest BCUT2D eigenvalue weighted by atomic mass is 10.2. The molecule has 0 unspecified atom stereocenters. The molecule has 1 amide bonds. The van der Waals surface area contributed by atoms with Gasteiger partial charge in [0.05, 0.1) is 5.52 Å². The van der Waals surface area contributed by atoms with Crippen LogP contribution < -0.4 is 5.32 Å². The van der Waals surface area contributed by atoms with Gasteiger partial charge >= 0.3 is 6.09 Å². The molecule has 6 nitrogen and oxygen atoms in total. The molecule has 2 aromatic rings. The zero-order valence-corrected chi connectivity index (χ0v) is 7.52. The van der Waals surface area contributed by atoms with Gasteiger partial charge in [-0.05, 0) is 18.2 Å². The molecule has 3 N–H and O–H groups in total. The van der Waals surface area contributed by atoms with Crippen molar-refractivity contribution >= 4 is 29.0 Å². The van der Waals surface area contributed by atoms with Crippen molar-refractivity contribution in [1.82, 2.24) is 10.2 Å². The summed E-state index contributed by atoms with van der Waals surface area (Å²) in [6.07, 6.45) is -0.472. The number of hydrogen-bond donors (Lipinski definition) is 3. The second-order valence-corrected chi connectivity index (χ2v) is 2.92. The molecule has 0 saturated carbocycles. The lowest BCUT2D eigenvalue weighted by Gasteiger charge is -1.99. The number of rotatable bonds is 2. The maximum Gasteiger partial charge on any atom is 0.409 e. The van der Waals surface area contributed by atoms with E-state index in [0.717, 1.165) is 0 Å². The highest BCUT2D eigenvalue weighted by atomic mass is 16.4. The standard InChI is InChI=1S/C9H7N3O3/c13-4-8-6-2-1-5(10-9(14)15)3-7(6)11-12-8/h1-4,10H,(H,11,12)(H,14,15). The summed E-state index contributed by atoms with van der Waals surface area (Å²) < 4.78 is 0. The largest absolute Gasteiger partial charge is 0.465 e. The first kappa shape index (κ1) is 9.20. The summed E-state index contributed by atoms with van der Waals surface area (Å²) in [6.45, 7) is 0. The molecule has 1 aromatic heterocycles. The highest BCUT2D eigenvalue weighted by Crippen LogP contribution is 2.19. The van der Waals surface area contributed by atoms with Gasteiger partial charge in [0.15, 0.2) is 6.29 Å². The van der Waals surface area contributed by atoms with Gasteiger partial charge in [-0.3, -0.25) is 15.2 Å². The first-order chi connectivity index (χ1) is 7.20. The van der Waals surface area contributed by atoms with Crippen LogP contribution in [0.5, 0.6) is 0 Å². The highest BCUT2D eigenvalue weighted by molar-refractivity contribution is 5.97. The predicted molar refractivity (Wildman–Crippen MR) is 53.1 cm³/mol. The van der Waals surface area contributed by atoms with Gasteiger partial charge in [-0.15, -0.1) is 0 Å². The van der Waals surface area contributed by atoms with Crippen molar-refractivity contribution in [2.75, 3.05) is 5.32 Å². The number of aldehydes is 1. The smallest absolute Gasteiger partial charge is 0.409 e. The Morgan fingerprint density at radius 2 is 2.33 bits per heavy atom. The molecule has 76 valence electrons. The minimum atomic E-state index is -1.14. The van der Waals surface area contributed by atoms with Crippen LogP contribution in [-0.4, -0.2) is 27.7 Å². The number of nitrogens with zero attached hydrogens (tertiary/aromatic N) is 1. The summed E-state index contributed by atoms with van der Waals surface area (Å²) in [7, 11) is 0. The first-order valence-corrected chi connectivity index (χ1v) is 4.14. The van der Waals surface area contributed by atoms with E-state index in [-0.39, 0.29) is 0 Å². The van der Waals surface area contributed by atoms with Crippen LogP contribution >= 0.6 is 0 Å². The van der Waals surface area contributed by atoms with Crippen molar-refractivity contribution in [3.63, 3.8) is 0 Å². The molecule has 0 fully saturated rings. The fourth-order valence-corrected chi connectivity index (χ4v) is 1.32. The van der Waals surface area contributed by atoms with E-state index in [0.29, 0.717) is 28.6 Å². The number of fused-ring (bicyclic) bond motifs is 1. The SMILES string of the molecule is O=Cc1[nH]nc2cc(NC(=O)O)ccc12. The maximum absolute atomic E-state index is 10.6. The van der Waals surface area contributed by atoms with E-state index in [4.69, 9.17) is 5.11 Å². The molecule has 6 heteroatoms. The Kier molecular flexibility index (Phi) is 2.09. The van der Waals surface area contributed by atoms with Crippen LogP contribution in [0, 0.1) is 0 Å². The van der Waals surface area contributed by atoms with Gasteiger partial charge in [-0.2, -0.15) is 5.10 Å². The summed E-state index contributed by atoms with van der Waals surface area (Å²) in [5, 5.41) is 17.8. The van der Waals surface area contributed by atoms with Crippen molar-refractivity contribution in [3.8, 4) is 0 Å². The summed E-state index contributed by atoms with van der Waals surface area (Å²) in [6, 6.07) is 4.75. The fraction of sp³-hybridized carbons (Fsp3) is 0. The zero-order valence-electron chi connectivity index (χ0n) is 7.52. The van der Waals surface area contributed by atoms with E-state index in [1.807, 2.05) is 0 Å². The molecule has 0 atom stereocenters. The Balaban J connectivity index is 2.48. The lowest BCUT2D eigenvalue weighted by molar-refractivity contribution is 0.112. The van der Waals surface area contributed by atoms with E-state index in [9.17, 15) is 9.59 Å². The van der Waals surface area contributed by atoms with E-state index in [1.165, 1.54) is 0 Å². The van der Waals surface area contributed by atoms with Crippen LogP contribution in [0.1, 0.15) is 10.5 Å². The minimum absolute atomic E-state index is 0.381. The average molecular weight is 205 g/mol. The van der Waals surface area contributed by atoms with Gasteiger partial charge in [0.25, 0.3) is 0 Å². The Bertz CT molecular complexity index is 532. The molecule has 0 spiro atoms. The van der Waals surface area contributed by atoms with Gasteiger partial charge in [-0.1, -0.05) is 0 Å². The lowest BCUT2D eigenvalue weighted by Crippen LogP contribution is -2.06. The summed E-state index contributed by atoms with van der Waals surface area (Å²) in [5.41, 5.74) is 1.34. The molecule has 0 aliphatic heterocycles. The van der Waals surface area contributed by atoms with Crippen molar-refractivity contribution in [2.24, 2.45) is 0 Å². The van der Waals surface area contributed by atoms with Crippen molar-refractivity contribution in [3.05, 3.63) is 23.9 Å². The number of aromatic nitrogens is 2. The van der Waals surface area contributed by atoms with Crippen molar-refractivity contribution < 1.29 is 14.7 Å². The third-order valence-corrected chi connectivity index (χ3v) is 1.95. The molecule has 0 radical (unpaired) electrons. The van der Waals surface area contributed by atoms with Crippen molar-refractivity contribution in [1.29, 1.82) is 0 Å². The number of anilines is 1. The maximum atomic E-state index is 10.6. The van der Waals surface area contributed by atoms with Crippen LogP contribution in [0.25, 0.3) is 10.9 Å². The predicted octanol–water partition coefficient (Wildman–Crippen LogP) is 1.47. The Hall–Kier alpha value is -2.37. The molecular weight excluding hydrogens is 198 g/mol. The summed E-state index contributed by atoms with van der Waals surface area (Å²) in [4.78, 5) is 20.9. The Labute approximate surface area is 83.9 Å². The number of amides is 1. The van der Waals surface area contributed by atoms with Crippen molar-refractivity contribution in [2.45, 2.75) is 0 Å². The molecule has 0 saturated heterocycles. The molecule has 2 rings (SSSR count). The van der Waals surface area contributed by atoms with Gasteiger partial charge in [0.1, 0.15) is 5.69 Å². The van der Waals surface area contributed by atoms with Crippen LogP contribution in [0.15, 0.2) is 18.2 Å². The second kappa shape index (κ2) is 3.41. The zero-order chi connectivity index (χ0) is 10.8. The van der Waals surface area contributed by atoms with Gasteiger partial charge in [-0.25, -0.2) is 4.79 Å². The molecule has 0 aliphatic rings. The van der Waals surface area contributed by atoms with E-state index < -0.39 is 6.09 Å². The quantitative estimate of drug-likeness (QED) is 0.647. The fourth-order valence-electron chi connectivity index (χ4n) is 1.32. The van der Waals surface area contributed by atoms with E-state index in [2.05, 4.69) is 15.5 Å². The monoisotopic (exact) mass is 205 g/mol. The van der Waals surface area contributed by atoms with Crippen LogP contribution in [0.2, 0.25) is 0 Å². The molecule has 1 aromatic carbocycles. The number of carbonyl (C=O) groups is 2. The van der Waals surface area contributed by atoms with Gasteiger partial charge in [0, 0.05) is 11.1 Å². The molecular formula is C9H7N3O3. The number of aromatic amines is 1. The first-order valence-electron chi connectivity index (χ1n) is 4.14. The number of carboxylic acid groups (broad SMARTS) is 1. The van der Waals surface area contributed by atoms with Gasteiger partial charge < -0.3 is 5.11 Å². The summed E-state index contributed by atoms with van der Waals surface area (Å²) >= 11 is 0. The number of benzene rings is 1. The average Bonchev–Trinajstić information content (AvgIpc) is 2.58. The molecule has 15 heavy (non-hydrogen) atoms. The Morgan fingerprint density at radius 1 is 1.53 bits per heavy atom. The topological polar surface area (TPSA) is 95.1 Å². The Morgan fingerprint density at radius 3 is 3.00 bits per heavy atom. The molecule has 1 heterocycles. The number of H-pyrrole nitrogens is 1. The third-order valence-electron chi connectivity index (χ3n) is 1.95. The molecule has 0 aliphatic carbocycles. The van der Waals surface area contributed by atoms with E-state index in [1.54, 1.807) is 18.2 Å². The van der Waals surface area contributed by atoms with Crippen LogP contribution in [0.4, 0.5) is 10.5 Å². The minimum Gasteiger partial charge on any atom is -0.465 e. The van der Waals surface area contributed by atoms with Gasteiger partial charge in [0.2, 0.25) is 0 Å². The van der Waals surface area contributed by atoms with E-state index >= 15 is 0 Å². The van der Waals surface area contributed by atoms with Crippen LogP contribution in [0.3, 0.4) is 0 Å². The second-order valence-electron chi connectivity index (χ2n) is 2.92. The molecule has 0 bridgehead atoms. The number of hydrogen-bond acceptors (Lipinski definition) is 3. The van der Waals surface area contributed by atoms with Crippen LogP contribution in [-0.2, 0) is 0 Å². The highest BCUT2D eigenvalue weighted by Gasteiger charge is 2.05. The normalized spacial score (nSPS) is 10.1. The number of carbonyl (C=O) groups excluding carboxylic acids is 1. The third kappa shape index (κ3) is 1.64. The summed E-state index contributed by atoms with van der Waals surface area (Å²) in [5.74, 6) is 0. The number of nitrogens with one attached hydrogen (secondary N) is 2.